The minimum absolute atomic E-state index is 0.693. The molecule has 2 aliphatic rings. The molecule has 0 saturated heterocycles. The summed E-state index contributed by atoms with van der Waals surface area (Å²) in [6.45, 7) is 8.89. The molecule has 2 aliphatic carbocycles. The third kappa shape index (κ3) is 6.75. The fraction of sp³-hybridized carbons (Fsp3) is 0.457. The van der Waals surface area contributed by atoms with E-state index in [1.165, 1.54) is 79.9 Å². The van der Waals surface area contributed by atoms with Crippen molar-refractivity contribution in [2.45, 2.75) is 85.5 Å². The average molecular weight is 480 g/mol. The minimum atomic E-state index is 0.693. The summed E-state index contributed by atoms with van der Waals surface area (Å²) in [7, 11) is 0. The van der Waals surface area contributed by atoms with Crippen LogP contribution in [0.2, 0.25) is 0 Å². The number of aromatic nitrogens is 1. The van der Waals surface area contributed by atoms with E-state index in [4.69, 9.17) is 0 Å². The van der Waals surface area contributed by atoms with E-state index in [9.17, 15) is 0 Å². The third-order valence-corrected chi connectivity index (χ3v) is 8.21. The Kier molecular flexibility index (Phi) is 9.56. The molecular formula is C35H45N. The normalized spacial score (nSPS) is 19.4. The second-order valence-electron chi connectivity index (χ2n) is 11.1. The highest BCUT2D eigenvalue weighted by Gasteiger charge is 2.20. The molecule has 3 atom stereocenters. The maximum Gasteiger partial charge on any atom is 0.0733 e. The van der Waals surface area contributed by atoms with Gasteiger partial charge in [-0.2, -0.15) is 0 Å². The van der Waals surface area contributed by atoms with E-state index in [0.717, 1.165) is 17.4 Å². The van der Waals surface area contributed by atoms with Gasteiger partial charge in [0, 0.05) is 11.6 Å². The van der Waals surface area contributed by atoms with Crippen LogP contribution in [-0.4, -0.2) is 4.98 Å². The first kappa shape index (κ1) is 26.4. The highest BCUT2D eigenvalue weighted by molar-refractivity contribution is 5.84. The molecule has 0 spiro atoms. The predicted molar refractivity (Wildman–Crippen MR) is 157 cm³/mol. The third-order valence-electron chi connectivity index (χ3n) is 8.21. The number of hydrogen-bond donors (Lipinski definition) is 0. The molecule has 1 heteroatoms. The molecule has 0 N–H and O–H groups in total. The largest absolute Gasteiger partial charge is 0.256 e. The first-order valence-corrected chi connectivity index (χ1v) is 14.3. The van der Waals surface area contributed by atoms with E-state index in [0.29, 0.717) is 5.92 Å². The summed E-state index contributed by atoms with van der Waals surface area (Å²) >= 11 is 0. The summed E-state index contributed by atoms with van der Waals surface area (Å²) in [4.78, 5) is 4.34. The van der Waals surface area contributed by atoms with Gasteiger partial charge < -0.3 is 0 Å². The summed E-state index contributed by atoms with van der Waals surface area (Å²) < 4.78 is 0. The van der Waals surface area contributed by atoms with Crippen LogP contribution >= 0.6 is 0 Å². The SMILES string of the molecule is CCCC(CCCc1cccc2c1CC(C)C=C2)C1C=CCCC1.Cc1ccc(C)c2ncccc12. The van der Waals surface area contributed by atoms with Gasteiger partial charge in [0.1, 0.15) is 0 Å². The van der Waals surface area contributed by atoms with Gasteiger partial charge in [-0.15, -0.1) is 0 Å². The predicted octanol–water partition coefficient (Wildman–Crippen LogP) is 9.84. The van der Waals surface area contributed by atoms with Crippen molar-refractivity contribution in [3.63, 3.8) is 0 Å². The number of fused-ring (bicyclic) bond motifs is 2. The van der Waals surface area contributed by atoms with Gasteiger partial charge in [0.15, 0.2) is 0 Å². The van der Waals surface area contributed by atoms with Crippen molar-refractivity contribution in [3.05, 3.63) is 94.7 Å². The zero-order valence-electron chi connectivity index (χ0n) is 23.0. The Morgan fingerprint density at radius 2 is 1.83 bits per heavy atom. The fourth-order valence-corrected chi connectivity index (χ4v) is 6.14. The Labute approximate surface area is 219 Å². The molecule has 190 valence electrons. The maximum absolute atomic E-state index is 4.34. The smallest absolute Gasteiger partial charge is 0.0733 e. The number of pyridine rings is 1. The Morgan fingerprint density at radius 3 is 2.61 bits per heavy atom. The lowest BCUT2D eigenvalue weighted by atomic mass is 9.78. The Balaban J connectivity index is 0.000000211. The van der Waals surface area contributed by atoms with Gasteiger partial charge in [0.2, 0.25) is 0 Å². The first-order chi connectivity index (χ1) is 17.6. The second kappa shape index (κ2) is 13.0. The molecule has 0 saturated carbocycles. The Hall–Kier alpha value is -2.67. The van der Waals surface area contributed by atoms with Crippen molar-refractivity contribution in [2.24, 2.45) is 17.8 Å². The van der Waals surface area contributed by atoms with Crippen LogP contribution in [0.4, 0.5) is 0 Å². The quantitative estimate of drug-likeness (QED) is 0.307. The molecule has 1 nitrogen and oxygen atoms in total. The maximum atomic E-state index is 4.34. The van der Waals surface area contributed by atoms with Crippen molar-refractivity contribution in [3.8, 4) is 0 Å². The molecule has 1 heterocycles. The molecule has 0 amide bonds. The molecule has 36 heavy (non-hydrogen) atoms. The van der Waals surface area contributed by atoms with E-state index >= 15 is 0 Å². The van der Waals surface area contributed by atoms with E-state index in [1.807, 2.05) is 12.3 Å². The zero-order valence-corrected chi connectivity index (χ0v) is 23.0. The molecule has 0 aliphatic heterocycles. The van der Waals surface area contributed by atoms with Crippen LogP contribution in [0.25, 0.3) is 17.0 Å². The molecular weight excluding hydrogens is 434 g/mol. The van der Waals surface area contributed by atoms with Crippen molar-refractivity contribution in [2.75, 3.05) is 0 Å². The van der Waals surface area contributed by atoms with Crippen LogP contribution in [0.15, 0.2) is 66.9 Å². The molecule has 0 bridgehead atoms. The number of aryl methyl sites for hydroxylation is 3. The summed E-state index contributed by atoms with van der Waals surface area (Å²) in [5.74, 6) is 2.45. The minimum Gasteiger partial charge on any atom is -0.256 e. The lowest BCUT2D eigenvalue weighted by Gasteiger charge is -2.27. The van der Waals surface area contributed by atoms with E-state index in [1.54, 1.807) is 11.1 Å². The van der Waals surface area contributed by atoms with Gasteiger partial charge in [-0.25, -0.2) is 0 Å². The van der Waals surface area contributed by atoms with E-state index in [-0.39, 0.29) is 0 Å². The van der Waals surface area contributed by atoms with Crippen LogP contribution in [0.5, 0.6) is 0 Å². The van der Waals surface area contributed by atoms with Crippen LogP contribution < -0.4 is 0 Å². The summed E-state index contributed by atoms with van der Waals surface area (Å²) in [6.07, 6.45) is 23.6. The Bertz CT molecular complexity index is 1140. The average Bonchev–Trinajstić information content (AvgIpc) is 2.91. The molecule has 0 radical (unpaired) electrons. The van der Waals surface area contributed by atoms with Crippen molar-refractivity contribution >= 4 is 17.0 Å². The van der Waals surface area contributed by atoms with Gasteiger partial charge >= 0.3 is 0 Å². The zero-order chi connectivity index (χ0) is 25.3. The molecule has 3 aromatic rings. The van der Waals surface area contributed by atoms with Gasteiger partial charge in [0.05, 0.1) is 5.52 Å². The first-order valence-electron chi connectivity index (χ1n) is 14.3. The van der Waals surface area contributed by atoms with Crippen molar-refractivity contribution in [1.29, 1.82) is 0 Å². The van der Waals surface area contributed by atoms with Crippen molar-refractivity contribution < 1.29 is 0 Å². The highest BCUT2D eigenvalue weighted by Crippen LogP contribution is 2.33. The number of hydrogen-bond acceptors (Lipinski definition) is 1. The standard InChI is InChI=1S/C24H34.C11H11N/c1-3-9-20(21-10-5-4-6-11-21)12-7-13-22-14-8-15-23-17-16-19(2)18-24(22)23;1-8-5-6-9(2)11-10(8)4-3-7-12-11/h5,8,10,14-17,19-21H,3-4,6-7,9,11-13,18H2,1-2H3;3-7H,1-2H3. The van der Waals surface area contributed by atoms with Crippen LogP contribution in [0.1, 0.15) is 86.6 Å². The topological polar surface area (TPSA) is 12.9 Å². The van der Waals surface area contributed by atoms with Gasteiger partial charge in [-0.3, -0.25) is 4.98 Å². The van der Waals surface area contributed by atoms with E-state index < -0.39 is 0 Å². The molecule has 0 fully saturated rings. The van der Waals surface area contributed by atoms with Crippen LogP contribution in [0, 0.1) is 31.6 Å². The van der Waals surface area contributed by atoms with Crippen LogP contribution in [0.3, 0.4) is 0 Å². The van der Waals surface area contributed by atoms with E-state index in [2.05, 4.69) is 93.4 Å². The fourth-order valence-electron chi connectivity index (χ4n) is 6.14. The second-order valence-corrected chi connectivity index (χ2v) is 11.1. The molecule has 2 aromatic carbocycles. The molecule has 3 unspecified atom stereocenters. The highest BCUT2D eigenvalue weighted by atomic mass is 14.6. The summed E-state index contributed by atoms with van der Waals surface area (Å²) in [5.41, 5.74) is 8.36. The van der Waals surface area contributed by atoms with Gasteiger partial charge in [0.25, 0.3) is 0 Å². The lowest BCUT2D eigenvalue weighted by molar-refractivity contribution is 0.308. The molecule has 1 aromatic heterocycles. The lowest BCUT2D eigenvalue weighted by Crippen LogP contribution is -2.15. The number of nitrogens with zero attached hydrogens (tertiary/aromatic N) is 1. The van der Waals surface area contributed by atoms with Crippen molar-refractivity contribution in [1.82, 2.24) is 4.98 Å². The number of rotatable bonds is 7. The summed E-state index contributed by atoms with van der Waals surface area (Å²) in [5, 5.41) is 1.26. The van der Waals surface area contributed by atoms with Gasteiger partial charge in [-0.1, -0.05) is 87.4 Å². The van der Waals surface area contributed by atoms with Crippen LogP contribution in [-0.2, 0) is 12.8 Å². The monoisotopic (exact) mass is 479 g/mol. The van der Waals surface area contributed by atoms with Gasteiger partial charge in [-0.05, 0) is 110 Å². The number of allylic oxidation sites excluding steroid dienone is 3. The Morgan fingerprint density at radius 1 is 0.972 bits per heavy atom. The number of benzene rings is 2. The summed E-state index contributed by atoms with van der Waals surface area (Å²) in [6, 6.07) is 15.3. The molecule has 5 rings (SSSR count).